The van der Waals surface area contributed by atoms with E-state index in [0.717, 1.165) is 5.69 Å². The summed E-state index contributed by atoms with van der Waals surface area (Å²) in [5.74, 6) is 0.187. The second kappa shape index (κ2) is 8.86. The number of amides is 3. The third-order valence-electron chi connectivity index (χ3n) is 5.09. The summed E-state index contributed by atoms with van der Waals surface area (Å²) in [6, 6.07) is 16.5. The first-order valence-corrected chi connectivity index (χ1v) is 9.91. The van der Waals surface area contributed by atoms with Gasteiger partial charge in [-0.05, 0) is 24.3 Å². The molecule has 2 atom stereocenters. The number of fused-ring (bicyclic) bond motifs is 1. The molecular formula is C22H23N3O5. The number of rotatable bonds is 6. The number of carbonyl (C=O) groups excluding carboxylic acids is 3. The molecule has 8 heteroatoms. The average Bonchev–Trinajstić information content (AvgIpc) is 3.18. The minimum Gasteiger partial charge on any atom is -0.485 e. The lowest BCUT2D eigenvalue weighted by Crippen LogP contribution is -2.46. The van der Waals surface area contributed by atoms with Gasteiger partial charge in [-0.3, -0.25) is 14.4 Å². The SMILES string of the molecule is O=C(NCCNC(=O)[C@H]1COc2ccccc2O1)[C@H]1CC(=O)N(c2ccccc2)C1. The molecular weight excluding hydrogens is 386 g/mol. The summed E-state index contributed by atoms with van der Waals surface area (Å²) >= 11 is 0. The van der Waals surface area contributed by atoms with Crippen LogP contribution in [0, 0.1) is 5.92 Å². The Morgan fingerprint density at radius 1 is 0.933 bits per heavy atom. The molecule has 4 rings (SSSR count). The van der Waals surface area contributed by atoms with Crippen LogP contribution in [0.15, 0.2) is 54.6 Å². The number of hydrogen-bond acceptors (Lipinski definition) is 5. The third-order valence-corrected chi connectivity index (χ3v) is 5.09. The highest BCUT2D eigenvalue weighted by molar-refractivity contribution is 6.00. The van der Waals surface area contributed by atoms with Gasteiger partial charge in [0.05, 0.1) is 5.92 Å². The molecule has 2 aliphatic heterocycles. The molecule has 0 bridgehead atoms. The van der Waals surface area contributed by atoms with Crippen LogP contribution in [-0.4, -0.2) is 50.1 Å². The first kappa shape index (κ1) is 19.8. The van der Waals surface area contributed by atoms with Crippen molar-refractivity contribution >= 4 is 23.4 Å². The van der Waals surface area contributed by atoms with E-state index >= 15 is 0 Å². The summed E-state index contributed by atoms with van der Waals surface area (Å²) in [6.45, 7) is 1.02. The number of carbonyl (C=O) groups is 3. The zero-order valence-corrected chi connectivity index (χ0v) is 16.4. The molecule has 156 valence electrons. The van der Waals surface area contributed by atoms with Crippen LogP contribution in [-0.2, 0) is 14.4 Å². The molecule has 30 heavy (non-hydrogen) atoms. The Labute approximate surface area is 174 Å². The maximum Gasteiger partial charge on any atom is 0.264 e. The zero-order chi connectivity index (χ0) is 20.9. The Kier molecular flexibility index (Phi) is 5.83. The topological polar surface area (TPSA) is 97.0 Å². The fraction of sp³-hybridized carbons (Fsp3) is 0.318. The lowest BCUT2D eigenvalue weighted by Gasteiger charge is -2.25. The summed E-state index contributed by atoms with van der Waals surface area (Å²) in [6.07, 6.45) is -0.554. The Hall–Kier alpha value is -3.55. The normalized spacial score (nSPS) is 20.0. The first-order chi connectivity index (χ1) is 14.6. The number of anilines is 1. The van der Waals surface area contributed by atoms with Gasteiger partial charge in [0, 0.05) is 31.7 Å². The van der Waals surface area contributed by atoms with Gasteiger partial charge in [0.2, 0.25) is 17.9 Å². The molecule has 1 saturated heterocycles. The van der Waals surface area contributed by atoms with E-state index in [1.54, 1.807) is 17.0 Å². The summed E-state index contributed by atoms with van der Waals surface area (Å²) in [5.41, 5.74) is 0.793. The molecule has 2 aliphatic rings. The largest absolute Gasteiger partial charge is 0.485 e. The molecule has 0 aliphatic carbocycles. The fourth-order valence-electron chi connectivity index (χ4n) is 3.52. The predicted octanol–water partition coefficient (Wildman–Crippen LogP) is 1.11. The van der Waals surface area contributed by atoms with Gasteiger partial charge in [0.15, 0.2) is 11.5 Å². The van der Waals surface area contributed by atoms with Crippen LogP contribution in [0.3, 0.4) is 0 Å². The van der Waals surface area contributed by atoms with E-state index in [2.05, 4.69) is 10.6 Å². The van der Waals surface area contributed by atoms with Gasteiger partial charge in [0.25, 0.3) is 5.91 Å². The van der Waals surface area contributed by atoms with Crippen molar-refractivity contribution in [1.29, 1.82) is 0 Å². The highest BCUT2D eigenvalue weighted by Gasteiger charge is 2.35. The number of nitrogens with one attached hydrogen (secondary N) is 2. The summed E-state index contributed by atoms with van der Waals surface area (Å²) < 4.78 is 11.2. The highest BCUT2D eigenvalue weighted by Crippen LogP contribution is 2.30. The van der Waals surface area contributed by atoms with Crippen LogP contribution < -0.4 is 25.0 Å². The molecule has 0 aromatic heterocycles. The van der Waals surface area contributed by atoms with E-state index in [-0.39, 0.29) is 43.8 Å². The third kappa shape index (κ3) is 4.37. The first-order valence-electron chi connectivity index (χ1n) is 9.91. The predicted molar refractivity (Wildman–Crippen MR) is 109 cm³/mol. The number of hydrogen-bond donors (Lipinski definition) is 2. The molecule has 0 unspecified atom stereocenters. The summed E-state index contributed by atoms with van der Waals surface area (Å²) in [7, 11) is 0. The van der Waals surface area contributed by atoms with E-state index in [1.807, 2.05) is 42.5 Å². The van der Waals surface area contributed by atoms with Gasteiger partial charge < -0.3 is 25.0 Å². The van der Waals surface area contributed by atoms with Crippen molar-refractivity contribution in [3.63, 3.8) is 0 Å². The molecule has 0 saturated carbocycles. The number of nitrogens with zero attached hydrogens (tertiary/aromatic N) is 1. The number of ether oxygens (including phenoxy) is 2. The van der Waals surface area contributed by atoms with Crippen molar-refractivity contribution in [2.45, 2.75) is 12.5 Å². The Morgan fingerprint density at radius 3 is 2.37 bits per heavy atom. The Morgan fingerprint density at radius 2 is 1.60 bits per heavy atom. The molecule has 0 radical (unpaired) electrons. The minimum atomic E-state index is -0.734. The molecule has 0 spiro atoms. The van der Waals surface area contributed by atoms with Gasteiger partial charge >= 0.3 is 0 Å². The maximum atomic E-state index is 12.4. The van der Waals surface area contributed by atoms with Crippen molar-refractivity contribution < 1.29 is 23.9 Å². The maximum absolute atomic E-state index is 12.4. The Bertz CT molecular complexity index is 933. The van der Waals surface area contributed by atoms with Gasteiger partial charge in [-0.1, -0.05) is 30.3 Å². The molecule has 2 N–H and O–H groups in total. The monoisotopic (exact) mass is 409 g/mol. The average molecular weight is 409 g/mol. The minimum absolute atomic E-state index is 0.0654. The van der Waals surface area contributed by atoms with Crippen molar-refractivity contribution in [2.24, 2.45) is 5.92 Å². The van der Waals surface area contributed by atoms with E-state index in [0.29, 0.717) is 18.0 Å². The fourth-order valence-corrected chi connectivity index (χ4v) is 3.52. The molecule has 2 aromatic rings. The quantitative estimate of drug-likeness (QED) is 0.697. The van der Waals surface area contributed by atoms with Gasteiger partial charge in [-0.2, -0.15) is 0 Å². The molecule has 2 aromatic carbocycles. The van der Waals surface area contributed by atoms with Crippen molar-refractivity contribution in [3.05, 3.63) is 54.6 Å². The van der Waals surface area contributed by atoms with Crippen molar-refractivity contribution in [2.75, 3.05) is 31.1 Å². The standard InChI is InChI=1S/C22H23N3O5/c26-20-12-15(13-25(20)16-6-2-1-3-7-16)21(27)23-10-11-24-22(28)19-14-29-17-8-4-5-9-18(17)30-19/h1-9,15,19H,10-14H2,(H,23,27)(H,24,28)/t15-,19+/m0/s1. The molecule has 1 fully saturated rings. The van der Waals surface area contributed by atoms with Crippen LogP contribution in [0.4, 0.5) is 5.69 Å². The smallest absolute Gasteiger partial charge is 0.264 e. The van der Waals surface area contributed by atoms with Crippen LogP contribution in [0.2, 0.25) is 0 Å². The number of benzene rings is 2. The van der Waals surface area contributed by atoms with E-state index < -0.39 is 12.0 Å². The van der Waals surface area contributed by atoms with E-state index in [4.69, 9.17) is 9.47 Å². The van der Waals surface area contributed by atoms with Crippen LogP contribution >= 0.6 is 0 Å². The Balaban J connectivity index is 1.19. The van der Waals surface area contributed by atoms with Crippen LogP contribution in [0.5, 0.6) is 11.5 Å². The van der Waals surface area contributed by atoms with Gasteiger partial charge in [-0.25, -0.2) is 0 Å². The second-order valence-electron chi connectivity index (χ2n) is 7.19. The lowest BCUT2D eigenvalue weighted by atomic mass is 10.1. The van der Waals surface area contributed by atoms with Crippen LogP contribution in [0.1, 0.15) is 6.42 Å². The second-order valence-corrected chi connectivity index (χ2v) is 7.19. The van der Waals surface area contributed by atoms with Gasteiger partial charge in [0.1, 0.15) is 6.61 Å². The van der Waals surface area contributed by atoms with Crippen molar-refractivity contribution in [1.82, 2.24) is 10.6 Å². The van der Waals surface area contributed by atoms with Crippen molar-refractivity contribution in [3.8, 4) is 11.5 Å². The molecule has 8 nitrogen and oxygen atoms in total. The van der Waals surface area contributed by atoms with Crippen LogP contribution in [0.25, 0.3) is 0 Å². The lowest BCUT2D eigenvalue weighted by molar-refractivity contribution is -0.130. The van der Waals surface area contributed by atoms with E-state index in [9.17, 15) is 14.4 Å². The zero-order valence-electron chi connectivity index (χ0n) is 16.4. The van der Waals surface area contributed by atoms with Gasteiger partial charge in [-0.15, -0.1) is 0 Å². The number of para-hydroxylation sites is 3. The van der Waals surface area contributed by atoms with E-state index in [1.165, 1.54) is 0 Å². The highest BCUT2D eigenvalue weighted by atomic mass is 16.6. The summed E-state index contributed by atoms with van der Waals surface area (Å²) in [4.78, 5) is 38.5. The molecule has 2 heterocycles. The summed E-state index contributed by atoms with van der Waals surface area (Å²) in [5, 5.41) is 5.52. The molecule has 3 amide bonds.